The van der Waals surface area contributed by atoms with Crippen molar-refractivity contribution < 1.29 is 0 Å². The largest absolute Gasteiger partial charge is 0.313 e. The van der Waals surface area contributed by atoms with Gasteiger partial charge in [0.15, 0.2) is 0 Å². The Labute approximate surface area is 112 Å². The molecule has 0 aromatic heterocycles. The number of hydrogen-bond acceptors (Lipinski definition) is 2. The van der Waals surface area contributed by atoms with E-state index in [9.17, 15) is 0 Å². The summed E-state index contributed by atoms with van der Waals surface area (Å²) in [6.45, 7) is 9.04. The molecule has 102 valence electrons. The number of aryl methyl sites for hydroxylation is 1. The predicted octanol–water partition coefficient (Wildman–Crippen LogP) is 3.23. The van der Waals surface area contributed by atoms with Gasteiger partial charge in [0.1, 0.15) is 0 Å². The third-order valence-electron chi connectivity index (χ3n) is 3.39. The summed E-state index contributed by atoms with van der Waals surface area (Å²) in [6, 6.07) is 9.12. The van der Waals surface area contributed by atoms with E-state index in [1.165, 1.54) is 17.7 Å². The Bertz CT molecular complexity index is 347. The summed E-state index contributed by atoms with van der Waals surface area (Å²) < 4.78 is 0. The lowest BCUT2D eigenvalue weighted by molar-refractivity contribution is 0.279. The summed E-state index contributed by atoms with van der Waals surface area (Å²) in [5.74, 6) is 0.737. The summed E-state index contributed by atoms with van der Waals surface area (Å²) in [6.07, 6.45) is 1.16. The van der Waals surface area contributed by atoms with Crippen LogP contribution in [0, 0.1) is 12.8 Å². The molecule has 0 aliphatic carbocycles. The number of benzene rings is 1. The van der Waals surface area contributed by atoms with Gasteiger partial charge >= 0.3 is 0 Å². The zero-order chi connectivity index (χ0) is 13.5. The molecule has 1 aromatic carbocycles. The first-order chi connectivity index (χ1) is 8.54. The van der Waals surface area contributed by atoms with Crippen LogP contribution in [0.3, 0.4) is 0 Å². The third kappa shape index (κ3) is 4.79. The Morgan fingerprint density at radius 3 is 2.44 bits per heavy atom. The van der Waals surface area contributed by atoms with Crippen LogP contribution in [0.2, 0.25) is 0 Å². The first-order valence-corrected chi connectivity index (χ1v) is 6.96. The second-order valence-electron chi connectivity index (χ2n) is 5.64. The molecule has 1 unspecified atom stereocenters. The summed E-state index contributed by atoms with van der Waals surface area (Å²) in [5, 5.41) is 3.44. The molecule has 2 nitrogen and oxygen atoms in total. The number of hydrogen-bond donors (Lipinski definition) is 1. The third-order valence-corrected chi connectivity index (χ3v) is 3.39. The van der Waals surface area contributed by atoms with Crippen LogP contribution in [0.1, 0.15) is 37.4 Å². The molecule has 18 heavy (non-hydrogen) atoms. The highest BCUT2D eigenvalue weighted by Gasteiger charge is 2.12. The maximum Gasteiger partial charge on any atom is 0.0332 e. The fraction of sp³-hybridized carbons (Fsp3) is 0.625. The van der Waals surface area contributed by atoms with Crippen LogP contribution in [0.4, 0.5) is 0 Å². The Morgan fingerprint density at radius 2 is 1.89 bits per heavy atom. The van der Waals surface area contributed by atoms with Gasteiger partial charge in [-0.25, -0.2) is 0 Å². The van der Waals surface area contributed by atoms with Gasteiger partial charge in [-0.05, 0) is 51.0 Å². The highest BCUT2D eigenvalue weighted by molar-refractivity contribution is 5.28. The lowest BCUT2D eigenvalue weighted by atomic mass is 9.98. The van der Waals surface area contributed by atoms with Crippen molar-refractivity contribution in [2.24, 2.45) is 5.92 Å². The lowest BCUT2D eigenvalue weighted by Crippen LogP contribution is -2.28. The Balaban J connectivity index is 2.55. The molecule has 1 N–H and O–H groups in total. The van der Waals surface area contributed by atoms with Crippen LogP contribution in [-0.4, -0.2) is 32.1 Å². The summed E-state index contributed by atoms with van der Waals surface area (Å²) in [4.78, 5) is 2.42. The van der Waals surface area contributed by atoms with Crippen LogP contribution in [0.5, 0.6) is 0 Å². The molecular weight excluding hydrogens is 220 g/mol. The van der Waals surface area contributed by atoms with E-state index in [4.69, 9.17) is 0 Å². The maximum absolute atomic E-state index is 3.44. The highest BCUT2D eigenvalue weighted by Crippen LogP contribution is 2.20. The monoisotopic (exact) mass is 248 g/mol. The normalized spacial score (nSPS) is 13.3. The molecule has 0 saturated carbocycles. The van der Waals surface area contributed by atoms with Gasteiger partial charge in [0, 0.05) is 12.6 Å². The van der Waals surface area contributed by atoms with Crippen LogP contribution in [0.25, 0.3) is 0 Å². The van der Waals surface area contributed by atoms with Gasteiger partial charge in [0.05, 0.1) is 0 Å². The van der Waals surface area contributed by atoms with Gasteiger partial charge in [-0.15, -0.1) is 0 Å². The Kier molecular flexibility index (Phi) is 6.37. The minimum absolute atomic E-state index is 0.459. The van der Waals surface area contributed by atoms with Crippen molar-refractivity contribution in [2.75, 3.05) is 27.2 Å². The van der Waals surface area contributed by atoms with Crippen LogP contribution >= 0.6 is 0 Å². The van der Waals surface area contributed by atoms with E-state index >= 15 is 0 Å². The van der Waals surface area contributed by atoms with Crippen molar-refractivity contribution in [1.82, 2.24) is 10.2 Å². The first kappa shape index (κ1) is 15.2. The molecule has 1 aromatic rings. The minimum Gasteiger partial charge on any atom is -0.313 e. The second kappa shape index (κ2) is 7.55. The van der Waals surface area contributed by atoms with Crippen molar-refractivity contribution in [2.45, 2.75) is 33.2 Å². The zero-order valence-corrected chi connectivity index (χ0v) is 12.5. The SMILES string of the molecule is CNC(CCN(C)CC(C)C)c1ccccc1C. The Morgan fingerprint density at radius 1 is 1.22 bits per heavy atom. The molecule has 0 fully saturated rings. The first-order valence-electron chi connectivity index (χ1n) is 6.96. The molecule has 0 spiro atoms. The van der Waals surface area contributed by atoms with Gasteiger partial charge in [-0.1, -0.05) is 38.1 Å². The van der Waals surface area contributed by atoms with E-state index in [-0.39, 0.29) is 0 Å². The molecule has 0 radical (unpaired) electrons. The van der Waals surface area contributed by atoms with Crippen molar-refractivity contribution in [3.8, 4) is 0 Å². The lowest BCUT2D eigenvalue weighted by Gasteiger charge is -2.24. The minimum atomic E-state index is 0.459. The van der Waals surface area contributed by atoms with Crippen molar-refractivity contribution >= 4 is 0 Å². The van der Waals surface area contributed by atoms with Crippen molar-refractivity contribution in [3.63, 3.8) is 0 Å². The van der Waals surface area contributed by atoms with Gasteiger partial charge < -0.3 is 10.2 Å². The average Bonchev–Trinajstić information content (AvgIpc) is 2.31. The number of rotatable bonds is 7. The van der Waals surface area contributed by atoms with E-state index < -0.39 is 0 Å². The molecule has 0 bridgehead atoms. The summed E-state index contributed by atoms with van der Waals surface area (Å²) in [5.41, 5.74) is 2.81. The number of nitrogens with zero attached hydrogens (tertiary/aromatic N) is 1. The van der Waals surface area contributed by atoms with Gasteiger partial charge in [0.25, 0.3) is 0 Å². The molecule has 1 atom stereocenters. The van der Waals surface area contributed by atoms with Crippen LogP contribution in [0.15, 0.2) is 24.3 Å². The van der Waals surface area contributed by atoms with E-state index in [2.05, 4.69) is 69.3 Å². The average molecular weight is 248 g/mol. The molecule has 2 heteroatoms. The standard InChI is InChI=1S/C16H28N2/c1-13(2)12-18(5)11-10-16(17-4)15-9-7-6-8-14(15)3/h6-9,13,16-17H,10-12H2,1-5H3. The van der Waals surface area contributed by atoms with Crippen LogP contribution < -0.4 is 5.32 Å². The van der Waals surface area contributed by atoms with Gasteiger partial charge in [0.2, 0.25) is 0 Å². The van der Waals surface area contributed by atoms with Gasteiger partial charge in [-0.2, -0.15) is 0 Å². The van der Waals surface area contributed by atoms with E-state index in [0.717, 1.165) is 18.9 Å². The molecule has 0 aliphatic heterocycles. The zero-order valence-electron chi connectivity index (χ0n) is 12.5. The molecule has 1 rings (SSSR count). The molecule has 0 aliphatic rings. The van der Waals surface area contributed by atoms with E-state index in [1.807, 2.05) is 0 Å². The quantitative estimate of drug-likeness (QED) is 0.797. The van der Waals surface area contributed by atoms with E-state index in [0.29, 0.717) is 6.04 Å². The maximum atomic E-state index is 3.44. The Hall–Kier alpha value is -0.860. The van der Waals surface area contributed by atoms with E-state index in [1.54, 1.807) is 0 Å². The van der Waals surface area contributed by atoms with Crippen molar-refractivity contribution in [1.29, 1.82) is 0 Å². The fourth-order valence-electron chi connectivity index (χ4n) is 2.50. The number of nitrogens with one attached hydrogen (secondary N) is 1. The molecule has 0 amide bonds. The summed E-state index contributed by atoms with van der Waals surface area (Å²) >= 11 is 0. The van der Waals surface area contributed by atoms with Crippen LogP contribution in [-0.2, 0) is 0 Å². The molecule has 0 heterocycles. The van der Waals surface area contributed by atoms with Gasteiger partial charge in [-0.3, -0.25) is 0 Å². The summed E-state index contributed by atoms with van der Waals surface area (Å²) in [7, 11) is 4.27. The predicted molar refractivity (Wildman–Crippen MR) is 79.9 cm³/mol. The highest BCUT2D eigenvalue weighted by atomic mass is 15.1. The van der Waals surface area contributed by atoms with Crippen molar-refractivity contribution in [3.05, 3.63) is 35.4 Å². The second-order valence-corrected chi connectivity index (χ2v) is 5.64. The fourth-order valence-corrected chi connectivity index (χ4v) is 2.50. The molecule has 0 saturated heterocycles. The molecular formula is C16H28N2. The smallest absolute Gasteiger partial charge is 0.0332 e. The topological polar surface area (TPSA) is 15.3 Å².